The molecule has 0 aliphatic heterocycles. The van der Waals surface area contributed by atoms with Gasteiger partial charge in [0.05, 0.1) is 0 Å². The van der Waals surface area contributed by atoms with Crippen LogP contribution in [0.3, 0.4) is 0 Å². The van der Waals surface area contributed by atoms with E-state index in [4.69, 9.17) is 10.2 Å². The highest BCUT2D eigenvalue weighted by Crippen LogP contribution is 1.81. The van der Waals surface area contributed by atoms with Crippen molar-refractivity contribution in [1.29, 1.82) is 0 Å². The summed E-state index contributed by atoms with van der Waals surface area (Å²) in [4.78, 5) is 18.8. The van der Waals surface area contributed by atoms with E-state index in [-0.39, 0.29) is 13.0 Å². The molecule has 2 N–H and O–H groups in total. The number of rotatable bonds is 2. The lowest BCUT2D eigenvalue weighted by molar-refractivity contribution is -0.133. The van der Waals surface area contributed by atoms with Crippen LogP contribution in [0, 0.1) is 0 Å². The van der Waals surface area contributed by atoms with Crippen molar-refractivity contribution in [3.63, 3.8) is 0 Å². The van der Waals surface area contributed by atoms with E-state index >= 15 is 0 Å². The van der Waals surface area contributed by atoms with E-state index in [9.17, 15) is 9.59 Å². The first-order valence-electron chi connectivity index (χ1n) is 2.66. The minimum atomic E-state index is -0.981. The van der Waals surface area contributed by atoms with Crippen LogP contribution < -0.4 is 0 Å². The molecule has 0 fully saturated rings. The second kappa shape index (κ2) is 9.42. The van der Waals surface area contributed by atoms with Crippen LogP contribution >= 0.6 is 0 Å². The highest BCUT2D eigenvalue weighted by atomic mass is 16.4. The first-order valence-corrected chi connectivity index (χ1v) is 2.66. The van der Waals surface area contributed by atoms with Crippen molar-refractivity contribution in [3.05, 3.63) is 24.8 Å². The minimum Gasteiger partial charge on any atom is -0.478 e. The SMILES string of the molecule is C.C=C(C)C(=O)O.C=CC(=O)O. The van der Waals surface area contributed by atoms with Crippen molar-refractivity contribution in [3.8, 4) is 0 Å². The Morgan fingerprint density at radius 2 is 1.50 bits per heavy atom. The number of hydrogen-bond donors (Lipinski definition) is 2. The molecule has 0 aliphatic carbocycles. The molecule has 4 heteroatoms. The van der Waals surface area contributed by atoms with E-state index in [0.717, 1.165) is 6.08 Å². The summed E-state index contributed by atoms with van der Waals surface area (Å²) >= 11 is 0. The Bertz CT molecular complexity index is 169. The van der Waals surface area contributed by atoms with Gasteiger partial charge in [0.2, 0.25) is 0 Å². The van der Waals surface area contributed by atoms with Crippen LogP contribution in [-0.2, 0) is 9.59 Å². The third-order valence-corrected chi connectivity index (χ3v) is 0.540. The summed E-state index contributed by atoms with van der Waals surface area (Å²) in [5.74, 6) is -1.92. The summed E-state index contributed by atoms with van der Waals surface area (Å²) in [6.45, 7) is 7.56. The zero-order valence-electron chi connectivity index (χ0n) is 6.20. The summed E-state index contributed by atoms with van der Waals surface area (Å²) in [5.41, 5.74) is 0.176. The molecule has 0 aromatic carbocycles. The van der Waals surface area contributed by atoms with Crippen LogP contribution in [0.2, 0.25) is 0 Å². The molecule has 4 nitrogen and oxygen atoms in total. The summed E-state index contributed by atoms with van der Waals surface area (Å²) in [6, 6.07) is 0. The van der Waals surface area contributed by atoms with Crippen LogP contribution in [-0.4, -0.2) is 22.2 Å². The Balaban J connectivity index is -0.000000126. The smallest absolute Gasteiger partial charge is 0.330 e. The van der Waals surface area contributed by atoms with Gasteiger partial charge in [0.15, 0.2) is 0 Å². The maximum atomic E-state index is 9.60. The molecule has 0 rings (SSSR count). The van der Waals surface area contributed by atoms with Crippen molar-refractivity contribution >= 4 is 11.9 Å². The van der Waals surface area contributed by atoms with Crippen LogP contribution in [0.1, 0.15) is 14.4 Å². The number of carboxylic acids is 2. The molecule has 12 heavy (non-hydrogen) atoms. The third kappa shape index (κ3) is 23.7. The summed E-state index contributed by atoms with van der Waals surface area (Å²) in [6.07, 6.45) is 0.833. The maximum Gasteiger partial charge on any atom is 0.330 e. The van der Waals surface area contributed by atoms with Crippen molar-refractivity contribution in [2.45, 2.75) is 14.4 Å². The van der Waals surface area contributed by atoms with Crippen molar-refractivity contribution in [1.82, 2.24) is 0 Å². The zero-order chi connectivity index (χ0) is 9.44. The Morgan fingerprint density at radius 3 is 1.50 bits per heavy atom. The fraction of sp³-hybridized carbons (Fsp3) is 0.250. The lowest BCUT2D eigenvalue weighted by Crippen LogP contribution is -1.92. The average molecular weight is 174 g/mol. The maximum absolute atomic E-state index is 9.60. The molecule has 0 saturated heterocycles. The summed E-state index contributed by atoms with van der Waals surface area (Å²) < 4.78 is 0. The Morgan fingerprint density at radius 1 is 1.33 bits per heavy atom. The number of carbonyl (C=O) groups is 2. The van der Waals surface area contributed by atoms with E-state index in [0.29, 0.717) is 0 Å². The van der Waals surface area contributed by atoms with E-state index in [2.05, 4.69) is 13.2 Å². The van der Waals surface area contributed by atoms with Crippen LogP contribution in [0.15, 0.2) is 24.8 Å². The van der Waals surface area contributed by atoms with Gasteiger partial charge in [0, 0.05) is 11.6 Å². The van der Waals surface area contributed by atoms with Crippen molar-refractivity contribution in [2.24, 2.45) is 0 Å². The molecule has 0 amide bonds. The first-order chi connectivity index (χ1) is 4.91. The highest BCUT2D eigenvalue weighted by Gasteiger charge is 1.90. The van der Waals surface area contributed by atoms with Gasteiger partial charge in [-0.2, -0.15) is 0 Å². The van der Waals surface area contributed by atoms with E-state index in [1.165, 1.54) is 6.92 Å². The predicted molar refractivity (Wildman–Crippen MR) is 47.0 cm³/mol. The Hall–Kier alpha value is -1.58. The molecule has 0 atom stereocenters. The zero-order valence-corrected chi connectivity index (χ0v) is 6.20. The van der Waals surface area contributed by atoms with Crippen molar-refractivity contribution in [2.75, 3.05) is 0 Å². The molecule has 70 valence electrons. The van der Waals surface area contributed by atoms with Gasteiger partial charge in [-0.25, -0.2) is 9.59 Å². The second-order valence-corrected chi connectivity index (χ2v) is 1.63. The quantitative estimate of drug-likeness (QED) is 0.622. The van der Waals surface area contributed by atoms with Gasteiger partial charge in [-0.15, -0.1) is 0 Å². The summed E-state index contributed by atoms with van der Waals surface area (Å²) in [5, 5.41) is 15.5. The van der Waals surface area contributed by atoms with Gasteiger partial charge < -0.3 is 10.2 Å². The molecule has 0 aromatic heterocycles. The first kappa shape index (κ1) is 16.8. The van der Waals surface area contributed by atoms with Crippen LogP contribution in [0.4, 0.5) is 0 Å². The number of hydrogen-bond acceptors (Lipinski definition) is 2. The van der Waals surface area contributed by atoms with Crippen LogP contribution in [0.5, 0.6) is 0 Å². The topological polar surface area (TPSA) is 74.6 Å². The molecule has 0 unspecified atom stereocenters. The Labute approximate surface area is 71.8 Å². The number of aliphatic carboxylic acids is 2. The van der Waals surface area contributed by atoms with E-state index in [1.807, 2.05) is 0 Å². The molecular formula is C8H14O4. The Kier molecular flexibility index (Phi) is 13.2. The normalized spacial score (nSPS) is 6.42. The van der Waals surface area contributed by atoms with Gasteiger partial charge in [-0.1, -0.05) is 20.6 Å². The average Bonchev–Trinajstić information content (AvgIpc) is 1.89. The molecule has 0 heterocycles. The second-order valence-electron chi connectivity index (χ2n) is 1.63. The fourth-order valence-electron chi connectivity index (χ4n) is 0. The minimum absolute atomic E-state index is 0. The summed E-state index contributed by atoms with van der Waals surface area (Å²) in [7, 11) is 0. The molecule has 0 aromatic rings. The van der Waals surface area contributed by atoms with Gasteiger partial charge in [0.1, 0.15) is 0 Å². The van der Waals surface area contributed by atoms with E-state index < -0.39 is 11.9 Å². The standard InChI is InChI=1S/C4H6O2.C3H4O2.CH4/c1-3(2)4(5)6;1-2-3(4)5;/h1H2,2H3,(H,5,6);2H,1H2,(H,4,5);1H4. The molecule has 0 radical (unpaired) electrons. The molecule has 0 saturated carbocycles. The molecular weight excluding hydrogens is 160 g/mol. The monoisotopic (exact) mass is 174 g/mol. The van der Waals surface area contributed by atoms with Crippen molar-refractivity contribution < 1.29 is 19.8 Å². The lowest BCUT2D eigenvalue weighted by Gasteiger charge is -1.79. The predicted octanol–water partition coefficient (Wildman–Crippen LogP) is 1.54. The van der Waals surface area contributed by atoms with Gasteiger partial charge in [-0.05, 0) is 6.92 Å². The van der Waals surface area contributed by atoms with E-state index in [1.54, 1.807) is 0 Å². The fourth-order valence-corrected chi connectivity index (χ4v) is 0. The highest BCUT2D eigenvalue weighted by molar-refractivity contribution is 5.84. The van der Waals surface area contributed by atoms with Gasteiger partial charge >= 0.3 is 11.9 Å². The van der Waals surface area contributed by atoms with Gasteiger partial charge in [0.25, 0.3) is 0 Å². The molecule has 0 aliphatic rings. The molecule has 0 bridgehead atoms. The third-order valence-electron chi connectivity index (χ3n) is 0.540. The van der Waals surface area contributed by atoms with Crippen LogP contribution in [0.25, 0.3) is 0 Å². The molecule has 0 spiro atoms. The largest absolute Gasteiger partial charge is 0.478 e. The lowest BCUT2D eigenvalue weighted by atomic mass is 10.4. The van der Waals surface area contributed by atoms with Gasteiger partial charge in [-0.3, -0.25) is 0 Å². The number of carboxylic acid groups (broad SMARTS) is 2.